The lowest BCUT2D eigenvalue weighted by Gasteiger charge is -2.34. The second kappa shape index (κ2) is 12.7. The molecule has 0 aliphatic heterocycles. The number of hydrogen-bond acceptors (Lipinski definition) is 7. The Morgan fingerprint density at radius 3 is 2.15 bits per heavy atom. The van der Waals surface area contributed by atoms with Crippen LogP contribution >= 0.6 is 0 Å². The zero-order valence-electron chi connectivity index (χ0n) is 20.6. The molecule has 2 rings (SSSR count). The summed E-state index contributed by atoms with van der Waals surface area (Å²) in [5.74, 6) is -0.203. The molecule has 0 saturated heterocycles. The number of ether oxygens (including phenoxy) is 3. The van der Waals surface area contributed by atoms with E-state index in [1.807, 2.05) is 51.1 Å². The van der Waals surface area contributed by atoms with Crippen molar-refractivity contribution < 1.29 is 23.8 Å². The van der Waals surface area contributed by atoms with Gasteiger partial charge in [-0.05, 0) is 50.6 Å². The molecule has 9 heteroatoms. The zero-order valence-corrected chi connectivity index (χ0v) is 20.6. The molecule has 1 unspecified atom stereocenters. The van der Waals surface area contributed by atoms with Gasteiger partial charge in [-0.25, -0.2) is 0 Å². The molecule has 34 heavy (non-hydrogen) atoms. The topological polar surface area (TPSA) is 101 Å². The van der Waals surface area contributed by atoms with E-state index in [-0.39, 0.29) is 12.5 Å². The van der Waals surface area contributed by atoms with Gasteiger partial charge in [0.2, 0.25) is 5.91 Å². The molecule has 0 radical (unpaired) electrons. The van der Waals surface area contributed by atoms with Gasteiger partial charge >= 0.3 is 0 Å². The van der Waals surface area contributed by atoms with Crippen LogP contribution in [0.1, 0.15) is 32.4 Å². The summed E-state index contributed by atoms with van der Waals surface area (Å²) in [7, 11) is 4.51. The Morgan fingerprint density at radius 2 is 1.62 bits per heavy atom. The van der Waals surface area contributed by atoms with Gasteiger partial charge in [-0.2, -0.15) is 5.10 Å². The van der Waals surface area contributed by atoms with Crippen LogP contribution in [0, 0.1) is 0 Å². The van der Waals surface area contributed by atoms with Crippen molar-refractivity contribution in [1.29, 1.82) is 0 Å². The van der Waals surface area contributed by atoms with E-state index in [1.165, 1.54) is 19.1 Å². The van der Waals surface area contributed by atoms with E-state index in [0.29, 0.717) is 11.3 Å². The molecule has 0 spiro atoms. The number of hydrogen-bond donors (Lipinski definition) is 2. The number of hydrazone groups is 1. The molecule has 2 aromatic carbocycles. The van der Waals surface area contributed by atoms with Gasteiger partial charge < -0.3 is 24.4 Å². The molecule has 0 saturated carbocycles. The van der Waals surface area contributed by atoms with E-state index in [4.69, 9.17) is 14.2 Å². The first kappa shape index (κ1) is 26.8. The molecular formula is C25H34N4O5. The monoisotopic (exact) mass is 470 g/mol. The van der Waals surface area contributed by atoms with Crippen LogP contribution < -0.4 is 15.5 Å². The van der Waals surface area contributed by atoms with Gasteiger partial charge in [0, 0.05) is 19.8 Å². The van der Waals surface area contributed by atoms with Crippen LogP contribution in [0.4, 0.5) is 5.69 Å². The average Bonchev–Trinajstić information content (AvgIpc) is 2.81. The molecule has 184 valence electrons. The second-order valence-electron chi connectivity index (χ2n) is 8.54. The summed E-state index contributed by atoms with van der Waals surface area (Å²) in [6, 6.07) is 15.2. The number of para-hydroxylation sites is 1. The van der Waals surface area contributed by atoms with Crippen molar-refractivity contribution in [2.24, 2.45) is 5.10 Å². The van der Waals surface area contributed by atoms with Gasteiger partial charge in [-0.3, -0.25) is 15.0 Å². The van der Waals surface area contributed by atoms with Gasteiger partial charge in [0.15, 0.2) is 6.29 Å². The molecule has 0 heterocycles. The average molecular weight is 471 g/mol. The molecular weight excluding hydrogens is 436 g/mol. The van der Waals surface area contributed by atoms with E-state index in [0.717, 1.165) is 11.9 Å². The summed E-state index contributed by atoms with van der Waals surface area (Å²) >= 11 is 0. The molecule has 0 aliphatic rings. The lowest BCUT2D eigenvalue weighted by molar-refractivity contribution is -0.150. The Kier molecular flexibility index (Phi) is 10.0. The van der Waals surface area contributed by atoms with Crippen LogP contribution in [0.3, 0.4) is 0 Å². The Bertz CT molecular complexity index is 938. The molecule has 2 amide bonds. The maximum Gasteiger partial charge on any atom is 0.267 e. The Balaban J connectivity index is 2.43. The quantitative estimate of drug-likeness (QED) is 0.297. The minimum atomic E-state index is -0.964. The first-order chi connectivity index (χ1) is 16.2. The van der Waals surface area contributed by atoms with Gasteiger partial charge in [0.05, 0.1) is 19.3 Å². The minimum absolute atomic E-state index is 0.00253. The zero-order chi connectivity index (χ0) is 25.1. The molecule has 2 N–H and O–H groups in total. The third kappa shape index (κ3) is 8.17. The highest BCUT2D eigenvalue weighted by Crippen LogP contribution is 2.25. The van der Waals surface area contributed by atoms with E-state index in [1.54, 1.807) is 31.4 Å². The lowest BCUT2D eigenvalue weighted by Crippen LogP contribution is -2.51. The fraction of sp³-hybridized carbons (Fsp3) is 0.400. The highest BCUT2D eigenvalue weighted by atomic mass is 16.7. The normalized spacial score (nSPS) is 12.4. The molecule has 9 nitrogen and oxygen atoms in total. The number of nitrogens with one attached hydrogen (secondary N) is 2. The number of carbonyl (C=O) groups is 2. The molecule has 0 bridgehead atoms. The number of carbonyl (C=O) groups excluding carboxylic acids is 2. The number of amides is 2. The van der Waals surface area contributed by atoms with E-state index in [2.05, 4.69) is 15.8 Å². The number of nitrogens with zero attached hydrogens (tertiary/aromatic N) is 2. The fourth-order valence-corrected chi connectivity index (χ4v) is 3.17. The Hall–Kier alpha value is -3.43. The Labute approximate surface area is 201 Å². The van der Waals surface area contributed by atoms with Gasteiger partial charge in [-0.15, -0.1) is 0 Å². The predicted octanol–water partition coefficient (Wildman–Crippen LogP) is 3.20. The summed E-state index contributed by atoms with van der Waals surface area (Å²) in [4.78, 5) is 28.1. The second-order valence-corrected chi connectivity index (χ2v) is 8.54. The first-order valence-corrected chi connectivity index (χ1v) is 10.8. The summed E-state index contributed by atoms with van der Waals surface area (Å²) in [5, 5.41) is 7.03. The van der Waals surface area contributed by atoms with Crippen LogP contribution in [-0.4, -0.2) is 62.6 Å². The molecule has 0 aromatic heterocycles. The number of anilines is 1. The standard InChI is InChI=1S/C25H34N4O5/c1-25(2,3)27-24(31)23(18-12-14-20(32-4)15-13-18)29(17-22(33-5)34-6)21(30)16-26-28-19-10-8-7-9-11-19/h7-16,22-23,28H,17H2,1-6H3,(H,27,31)/b26-16+. The van der Waals surface area contributed by atoms with Crippen LogP contribution in [0.5, 0.6) is 5.75 Å². The van der Waals surface area contributed by atoms with Gasteiger partial charge in [0.25, 0.3) is 5.91 Å². The van der Waals surface area contributed by atoms with Crippen LogP contribution in [-0.2, 0) is 19.1 Å². The van der Waals surface area contributed by atoms with Crippen molar-refractivity contribution in [3.05, 3.63) is 60.2 Å². The van der Waals surface area contributed by atoms with E-state index in [9.17, 15) is 9.59 Å². The summed E-state index contributed by atoms with van der Waals surface area (Å²) in [6.45, 7) is 5.62. The number of benzene rings is 2. The Morgan fingerprint density at radius 1 is 1.00 bits per heavy atom. The lowest BCUT2D eigenvalue weighted by atomic mass is 10.0. The highest BCUT2D eigenvalue weighted by molar-refractivity contribution is 6.26. The minimum Gasteiger partial charge on any atom is -0.497 e. The van der Waals surface area contributed by atoms with Crippen LogP contribution in [0.2, 0.25) is 0 Å². The van der Waals surface area contributed by atoms with Crippen molar-refractivity contribution in [2.75, 3.05) is 33.3 Å². The van der Waals surface area contributed by atoms with Crippen LogP contribution in [0.25, 0.3) is 0 Å². The maximum absolute atomic E-state index is 13.4. The summed E-state index contributed by atoms with van der Waals surface area (Å²) in [5.41, 5.74) is 3.63. The van der Waals surface area contributed by atoms with E-state index < -0.39 is 23.8 Å². The van der Waals surface area contributed by atoms with Gasteiger partial charge in [0.1, 0.15) is 18.0 Å². The predicted molar refractivity (Wildman–Crippen MR) is 132 cm³/mol. The molecule has 2 aromatic rings. The van der Waals surface area contributed by atoms with Crippen molar-refractivity contribution in [1.82, 2.24) is 10.2 Å². The van der Waals surface area contributed by atoms with Gasteiger partial charge in [-0.1, -0.05) is 30.3 Å². The molecule has 1 atom stereocenters. The number of rotatable bonds is 11. The molecule has 0 fully saturated rings. The third-order valence-corrected chi connectivity index (χ3v) is 4.79. The van der Waals surface area contributed by atoms with E-state index >= 15 is 0 Å². The fourth-order valence-electron chi connectivity index (χ4n) is 3.17. The van der Waals surface area contributed by atoms with Crippen molar-refractivity contribution in [3.63, 3.8) is 0 Å². The first-order valence-electron chi connectivity index (χ1n) is 10.8. The largest absolute Gasteiger partial charge is 0.497 e. The SMILES string of the molecule is COc1ccc(C(C(=O)NC(C)(C)C)N(CC(OC)OC)C(=O)/C=N/Nc2ccccc2)cc1. The van der Waals surface area contributed by atoms with Crippen molar-refractivity contribution >= 4 is 23.7 Å². The van der Waals surface area contributed by atoms with Crippen molar-refractivity contribution in [2.45, 2.75) is 38.6 Å². The summed E-state index contributed by atoms with van der Waals surface area (Å²) in [6.07, 6.45) is 0.388. The maximum atomic E-state index is 13.4. The van der Waals surface area contributed by atoms with Crippen molar-refractivity contribution in [3.8, 4) is 5.75 Å². The van der Waals surface area contributed by atoms with Crippen LogP contribution in [0.15, 0.2) is 59.7 Å². The molecule has 0 aliphatic carbocycles. The smallest absolute Gasteiger partial charge is 0.267 e. The highest BCUT2D eigenvalue weighted by Gasteiger charge is 2.34. The number of methoxy groups -OCH3 is 3. The summed E-state index contributed by atoms with van der Waals surface area (Å²) < 4.78 is 15.9. The third-order valence-electron chi connectivity index (χ3n) is 4.79.